The largest absolute Gasteiger partial charge is 0.359 e. The van der Waals surface area contributed by atoms with Crippen LogP contribution in [0.3, 0.4) is 0 Å². The van der Waals surface area contributed by atoms with Crippen LogP contribution in [0.5, 0.6) is 0 Å². The second-order valence-electron chi connectivity index (χ2n) is 3.90. The normalized spacial score (nSPS) is 38.2. The molecule has 2 fully saturated rings. The van der Waals surface area contributed by atoms with Crippen LogP contribution in [-0.4, -0.2) is 11.2 Å². The van der Waals surface area contributed by atoms with E-state index in [1.54, 1.807) is 0 Å². The lowest BCUT2D eigenvalue weighted by Crippen LogP contribution is -2.46. The summed E-state index contributed by atoms with van der Waals surface area (Å²) in [6.07, 6.45) is 5.47. The molecule has 0 radical (unpaired) electrons. The van der Waals surface area contributed by atoms with Gasteiger partial charge in [-0.1, -0.05) is 6.42 Å². The molecule has 2 aliphatic carbocycles. The maximum Gasteiger partial charge on any atom is 0.180 e. The standard InChI is InChI=1S/C8H15N3S/c9-11-8(12)10-7-4-5-1-2-6(7)3-5/h5-7H,1-4,9H2,(H2,10,11,12)/t5-,6+,7+/m1/s1. The molecule has 4 heteroatoms. The maximum absolute atomic E-state index is 5.19. The van der Waals surface area contributed by atoms with Crippen molar-refractivity contribution in [3.63, 3.8) is 0 Å². The number of fused-ring (bicyclic) bond motifs is 2. The molecule has 0 aromatic heterocycles. The van der Waals surface area contributed by atoms with E-state index in [0.717, 1.165) is 11.8 Å². The topological polar surface area (TPSA) is 50.1 Å². The van der Waals surface area contributed by atoms with Gasteiger partial charge in [-0.25, -0.2) is 5.84 Å². The Labute approximate surface area is 78.1 Å². The minimum atomic E-state index is 0.590. The van der Waals surface area contributed by atoms with Gasteiger partial charge in [-0.15, -0.1) is 0 Å². The molecule has 2 aliphatic rings. The number of thiocarbonyl (C=S) groups is 1. The van der Waals surface area contributed by atoms with Crippen molar-refractivity contribution in [1.82, 2.24) is 10.7 Å². The highest BCUT2D eigenvalue weighted by Gasteiger charge is 2.39. The van der Waals surface area contributed by atoms with E-state index in [4.69, 9.17) is 18.1 Å². The second kappa shape index (κ2) is 3.18. The first-order chi connectivity index (χ1) is 5.79. The average Bonchev–Trinajstić information content (AvgIpc) is 2.64. The lowest BCUT2D eigenvalue weighted by atomic mass is 9.96. The number of hydrogen-bond donors (Lipinski definition) is 3. The van der Waals surface area contributed by atoms with Gasteiger partial charge in [-0.3, -0.25) is 0 Å². The fourth-order valence-corrected chi connectivity index (χ4v) is 2.78. The van der Waals surface area contributed by atoms with Gasteiger partial charge < -0.3 is 10.7 Å². The Bertz CT molecular complexity index is 195. The predicted octanol–water partition coefficient (Wildman–Crippen LogP) is 0.513. The summed E-state index contributed by atoms with van der Waals surface area (Å²) in [6.45, 7) is 0. The molecule has 68 valence electrons. The second-order valence-corrected chi connectivity index (χ2v) is 4.31. The zero-order valence-corrected chi connectivity index (χ0v) is 7.86. The number of hydrazine groups is 1. The Morgan fingerprint density at radius 2 is 2.17 bits per heavy atom. The molecule has 2 bridgehead atoms. The first-order valence-electron chi connectivity index (χ1n) is 4.56. The molecule has 0 unspecified atom stereocenters. The molecule has 0 aromatic carbocycles. The van der Waals surface area contributed by atoms with Gasteiger partial charge in [0.2, 0.25) is 0 Å². The lowest BCUT2D eigenvalue weighted by Gasteiger charge is -2.23. The van der Waals surface area contributed by atoms with E-state index >= 15 is 0 Å². The fraction of sp³-hybridized carbons (Fsp3) is 0.875. The molecule has 2 rings (SSSR count). The predicted molar refractivity (Wildman–Crippen MR) is 52.3 cm³/mol. The average molecular weight is 185 g/mol. The molecular formula is C8H15N3S. The summed E-state index contributed by atoms with van der Waals surface area (Å²) >= 11 is 4.96. The van der Waals surface area contributed by atoms with Crippen molar-refractivity contribution in [1.29, 1.82) is 0 Å². The monoisotopic (exact) mass is 185 g/mol. The van der Waals surface area contributed by atoms with Crippen LogP contribution in [0, 0.1) is 11.8 Å². The summed E-state index contributed by atoms with van der Waals surface area (Å²) in [7, 11) is 0. The molecule has 0 saturated heterocycles. The Hall–Kier alpha value is -0.350. The highest BCUT2D eigenvalue weighted by atomic mass is 32.1. The summed E-state index contributed by atoms with van der Waals surface area (Å²) in [5.41, 5.74) is 2.47. The third-order valence-corrected chi connectivity index (χ3v) is 3.42. The Balaban J connectivity index is 1.86. The molecule has 0 heterocycles. The van der Waals surface area contributed by atoms with Crippen molar-refractivity contribution in [3.8, 4) is 0 Å². The van der Waals surface area contributed by atoms with Crippen LogP contribution in [0.25, 0.3) is 0 Å². The molecule has 0 aliphatic heterocycles. The molecule has 3 nitrogen and oxygen atoms in total. The van der Waals surface area contributed by atoms with Crippen LogP contribution in [0.4, 0.5) is 0 Å². The van der Waals surface area contributed by atoms with Crippen LogP contribution < -0.4 is 16.6 Å². The quantitative estimate of drug-likeness (QED) is 0.316. The van der Waals surface area contributed by atoms with Crippen LogP contribution in [0.15, 0.2) is 0 Å². The number of nitrogens with two attached hydrogens (primary N) is 1. The minimum Gasteiger partial charge on any atom is -0.359 e. The van der Waals surface area contributed by atoms with Crippen molar-refractivity contribution in [2.75, 3.05) is 0 Å². The van der Waals surface area contributed by atoms with Gasteiger partial charge in [-0.05, 0) is 43.3 Å². The summed E-state index contributed by atoms with van der Waals surface area (Å²) in [4.78, 5) is 0. The molecule has 4 N–H and O–H groups in total. The minimum absolute atomic E-state index is 0.590. The third kappa shape index (κ3) is 1.41. The molecule has 2 saturated carbocycles. The van der Waals surface area contributed by atoms with E-state index < -0.39 is 0 Å². The summed E-state index contributed by atoms with van der Waals surface area (Å²) in [5, 5.41) is 3.85. The summed E-state index contributed by atoms with van der Waals surface area (Å²) < 4.78 is 0. The summed E-state index contributed by atoms with van der Waals surface area (Å²) in [6, 6.07) is 0.590. The van der Waals surface area contributed by atoms with Crippen LogP contribution in [0.1, 0.15) is 25.7 Å². The number of rotatable bonds is 1. The highest BCUT2D eigenvalue weighted by Crippen LogP contribution is 2.44. The summed E-state index contributed by atoms with van der Waals surface area (Å²) in [5.74, 6) is 6.99. The van der Waals surface area contributed by atoms with Gasteiger partial charge in [0.05, 0.1) is 0 Å². The van der Waals surface area contributed by atoms with Crippen molar-refractivity contribution in [2.24, 2.45) is 17.7 Å². The van der Waals surface area contributed by atoms with Gasteiger partial charge in [0.15, 0.2) is 5.11 Å². The van der Waals surface area contributed by atoms with Crippen LogP contribution >= 0.6 is 12.2 Å². The first kappa shape index (κ1) is 8.26. The highest BCUT2D eigenvalue weighted by molar-refractivity contribution is 7.80. The van der Waals surface area contributed by atoms with E-state index in [1.807, 2.05) is 0 Å². The van der Waals surface area contributed by atoms with Gasteiger partial charge >= 0.3 is 0 Å². The van der Waals surface area contributed by atoms with Crippen molar-refractivity contribution in [3.05, 3.63) is 0 Å². The zero-order valence-electron chi connectivity index (χ0n) is 7.05. The van der Waals surface area contributed by atoms with Crippen LogP contribution in [0.2, 0.25) is 0 Å². The van der Waals surface area contributed by atoms with Gasteiger partial charge in [0, 0.05) is 6.04 Å². The van der Waals surface area contributed by atoms with E-state index in [2.05, 4.69) is 10.7 Å². The molecule has 0 spiro atoms. The fourth-order valence-electron chi connectivity index (χ4n) is 2.63. The first-order valence-corrected chi connectivity index (χ1v) is 4.97. The molecule has 12 heavy (non-hydrogen) atoms. The van der Waals surface area contributed by atoms with E-state index in [0.29, 0.717) is 11.2 Å². The lowest BCUT2D eigenvalue weighted by molar-refractivity contribution is 0.389. The van der Waals surface area contributed by atoms with Crippen LogP contribution in [-0.2, 0) is 0 Å². The maximum atomic E-state index is 5.19. The molecule has 3 atom stereocenters. The molecule has 0 amide bonds. The Morgan fingerprint density at radius 3 is 2.67 bits per heavy atom. The van der Waals surface area contributed by atoms with Crippen molar-refractivity contribution >= 4 is 17.3 Å². The van der Waals surface area contributed by atoms with Crippen molar-refractivity contribution in [2.45, 2.75) is 31.7 Å². The zero-order chi connectivity index (χ0) is 8.55. The smallest absolute Gasteiger partial charge is 0.180 e. The molecular weight excluding hydrogens is 170 g/mol. The van der Waals surface area contributed by atoms with E-state index in [9.17, 15) is 0 Å². The number of hydrogen-bond acceptors (Lipinski definition) is 2. The van der Waals surface area contributed by atoms with Crippen molar-refractivity contribution < 1.29 is 0 Å². The number of nitrogens with one attached hydrogen (secondary N) is 2. The SMILES string of the molecule is NNC(=S)N[C@H]1C[C@@H]2CC[C@H]1C2. The Morgan fingerprint density at radius 1 is 1.33 bits per heavy atom. The Kier molecular flexibility index (Phi) is 2.19. The molecule has 0 aromatic rings. The van der Waals surface area contributed by atoms with E-state index in [1.165, 1.54) is 25.7 Å². The van der Waals surface area contributed by atoms with E-state index in [-0.39, 0.29) is 0 Å². The van der Waals surface area contributed by atoms with Gasteiger partial charge in [-0.2, -0.15) is 0 Å². The van der Waals surface area contributed by atoms with Gasteiger partial charge in [0.25, 0.3) is 0 Å². The van der Waals surface area contributed by atoms with Gasteiger partial charge in [0.1, 0.15) is 0 Å². The third-order valence-electron chi connectivity index (χ3n) is 3.19.